The number of benzene rings is 1. The van der Waals surface area contributed by atoms with Gasteiger partial charge < -0.3 is 9.26 Å². The second-order valence-electron chi connectivity index (χ2n) is 6.40. The molecule has 7 nitrogen and oxygen atoms in total. The highest BCUT2D eigenvalue weighted by Gasteiger charge is 2.33. The van der Waals surface area contributed by atoms with Crippen LogP contribution in [-0.2, 0) is 15.8 Å². The van der Waals surface area contributed by atoms with Gasteiger partial charge in [0.25, 0.3) is 0 Å². The van der Waals surface area contributed by atoms with Gasteiger partial charge in [-0.3, -0.25) is 4.98 Å². The molecule has 0 spiro atoms. The minimum Gasteiger partial charge on any atom is -0.487 e. The van der Waals surface area contributed by atoms with Gasteiger partial charge in [-0.1, -0.05) is 17.3 Å². The van der Waals surface area contributed by atoms with Gasteiger partial charge in [0, 0.05) is 17.6 Å². The number of nitrogens with zero attached hydrogens (tertiary/aromatic N) is 3. The van der Waals surface area contributed by atoms with Gasteiger partial charge in [-0.05, 0) is 37.6 Å². The number of pyridine rings is 1. The summed E-state index contributed by atoms with van der Waals surface area (Å²) in [6.07, 6.45) is 2.13. The molecule has 1 atom stereocenters. The van der Waals surface area contributed by atoms with E-state index in [0.29, 0.717) is 36.5 Å². The summed E-state index contributed by atoms with van der Waals surface area (Å²) in [7, 11) is -3.49. The van der Waals surface area contributed by atoms with E-state index in [1.54, 1.807) is 12.3 Å². The maximum atomic E-state index is 12.8. The molecule has 2 aromatic heterocycles. The number of aryl methyl sites for hydroxylation is 1. The molecule has 0 N–H and O–H groups in total. The molecule has 4 rings (SSSR count). The van der Waals surface area contributed by atoms with Gasteiger partial charge in [-0.15, -0.1) is 0 Å². The van der Waals surface area contributed by atoms with E-state index in [1.807, 2.05) is 37.3 Å². The van der Waals surface area contributed by atoms with Crippen molar-refractivity contribution in [3.63, 3.8) is 0 Å². The van der Waals surface area contributed by atoms with Crippen LogP contribution in [0.1, 0.15) is 17.8 Å². The number of rotatable bonds is 5. The third-order valence-corrected chi connectivity index (χ3v) is 6.22. The van der Waals surface area contributed by atoms with Gasteiger partial charge in [0.05, 0.1) is 12.7 Å². The van der Waals surface area contributed by atoms with E-state index in [4.69, 9.17) is 9.26 Å². The van der Waals surface area contributed by atoms with Gasteiger partial charge in [-0.2, -0.15) is 4.31 Å². The summed E-state index contributed by atoms with van der Waals surface area (Å²) >= 11 is 0. The quantitative estimate of drug-likeness (QED) is 0.683. The first-order valence-corrected chi connectivity index (χ1v) is 10.0. The molecule has 3 aromatic rings. The lowest BCUT2D eigenvalue weighted by Crippen LogP contribution is -2.32. The zero-order valence-electron chi connectivity index (χ0n) is 14.3. The number of hydrogen-bond donors (Lipinski definition) is 0. The van der Waals surface area contributed by atoms with Crippen LogP contribution >= 0.6 is 0 Å². The molecule has 26 heavy (non-hydrogen) atoms. The van der Waals surface area contributed by atoms with E-state index >= 15 is 0 Å². The Morgan fingerprint density at radius 1 is 1.27 bits per heavy atom. The number of fused-ring (bicyclic) bond motifs is 1. The summed E-state index contributed by atoms with van der Waals surface area (Å²) in [5.41, 5.74) is 1.94. The third-order valence-electron chi connectivity index (χ3n) is 4.46. The van der Waals surface area contributed by atoms with Crippen molar-refractivity contribution in [3.05, 3.63) is 54.0 Å². The predicted octanol–water partition coefficient (Wildman–Crippen LogP) is 2.51. The van der Waals surface area contributed by atoms with Gasteiger partial charge in [-0.25, -0.2) is 8.42 Å². The Bertz CT molecular complexity index is 1010. The molecular formula is C18H19N3O4S. The maximum Gasteiger partial charge on any atom is 0.220 e. The standard InChI is InChI=1S/C18H19N3O4S/c1-13-6-7-14(10-19-13)24-15-8-9-21(11-15)26(22,23)12-17-16-4-2-3-5-18(16)25-20-17/h2-7,10,15H,8-9,11-12H2,1H3/t15-/m1/s1. The van der Waals surface area contributed by atoms with E-state index < -0.39 is 10.0 Å². The molecule has 8 heteroatoms. The van der Waals surface area contributed by atoms with Crippen molar-refractivity contribution in [3.8, 4) is 5.75 Å². The minimum absolute atomic E-state index is 0.177. The Hall–Kier alpha value is -2.45. The molecule has 0 amide bonds. The zero-order valence-corrected chi connectivity index (χ0v) is 15.1. The molecule has 1 aromatic carbocycles. The molecule has 1 aliphatic heterocycles. The summed E-state index contributed by atoms with van der Waals surface area (Å²) in [5.74, 6) is 0.477. The van der Waals surface area contributed by atoms with Crippen LogP contribution in [-0.4, -0.2) is 42.1 Å². The Labute approximate surface area is 151 Å². The van der Waals surface area contributed by atoms with Crippen LogP contribution in [0, 0.1) is 6.92 Å². The van der Waals surface area contributed by atoms with Gasteiger partial charge in [0.15, 0.2) is 5.58 Å². The molecule has 1 saturated heterocycles. The smallest absolute Gasteiger partial charge is 0.220 e. The van der Waals surface area contributed by atoms with E-state index in [0.717, 1.165) is 11.1 Å². The average Bonchev–Trinajstić information content (AvgIpc) is 3.25. The van der Waals surface area contributed by atoms with Crippen LogP contribution < -0.4 is 4.74 Å². The van der Waals surface area contributed by atoms with Crippen molar-refractivity contribution in [2.45, 2.75) is 25.2 Å². The lowest BCUT2D eigenvalue weighted by molar-refractivity contribution is 0.214. The first-order chi connectivity index (χ1) is 12.5. The van der Waals surface area contributed by atoms with E-state index in [-0.39, 0.29) is 11.9 Å². The summed E-state index contributed by atoms with van der Waals surface area (Å²) in [6.45, 7) is 2.66. The largest absolute Gasteiger partial charge is 0.487 e. The van der Waals surface area contributed by atoms with Crippen LogP contribution in [0.2, 0.25) is 0 Å². The first kappa shape index (κ1) is 17.0. The normalized spacial score (nSPS) is 18.4. The van der Waals surface area contributed by atoms with Crippen molar-refractivity contribution < 1.29 is 17.7 Å². The minimum atomic E-state index is -3.49. The highest BCUT2D eigenvalue weighted by molar-refractivity contribution is 7.88. The second kappa shape index (κ2) is 6.69. The monoisotopic (exact) mass is 373 g/mol. The van der Waals surface area contributed by atoms with E-state index in [1.165, 1.54) is 4.31 Å². The Balaban J connectivity index is 1.44. The van der Waals surface area contributed by atoms with Gasteiger partial charge >= 0.3 is 0 Å². The molecular weight excluding hydrogens is 354 g/mol. The molecule has 3 heterocycles. The first-order valence-electron chi connectivity index (χ1n) is 8.42. The SMILES string of the molecule is Cc1ccc(O[C@@H]2CCN(S(=O)(=O)Cc3noc4ccccc34)C2)cn1. The molecule has 0 unspecified atom stereocenters. The highest BCUT2D eigenvalue weighted by atomic mass is 32.2. The Morgan fingerprint density at radius 2 is 2.12 bits per heavy atom. The van der Waals surface area contributed by atoms with Crippen molar-refractivity contribution in [1.82, 2.24) is 14.4 Å². The Morgan fingerprint density at radius 3 is 2.92 bits per heavy atom. The van der Waals surface area contributed by atoms with E-state index in [2.05, 4.69) is 10.1 Å². The fourth-order valence-electron chi connectivity index (χ4n) is 3.07. The lowest BCUT2D eigenvalue weighted by atomic mass is 10.2. The molecule has 0 radical (unpaired) electrons. The molecule has 1 fully saturated rings. The fourth-order valence-corrected chi connectivity index (χ4v) is 4.58. The third kappa shape index (κ3) is 3.42. The van der Waals surface area contributed by atoms with Crippen molar-refractivity contribution >= 4 is 21.0 Å². The summed E-state index contributed by atoms with van der Waals surface area (Å²) in [6, 6.07) is 11.0. The summed E-state index contributed by atoms with van der Waals surface area (Å²) in [5, 5.41) is 4.66. The molecule has 1 aliphatic rings. The predicted molar refractivity (Wildman–Crippen MR) is 96.2 cm³/mol. The van der Waals surface area contributed by atoms with Crippen LogP contribution in [0.3, 0.4) is 0 Å². The number of hydrogen-bond acceptors (Lipinski definition) is 6. The number of aromatic nitrogens is 2. The van der Waals surface area contributed by atoms with E-state index in [9.17, 15) is 8.42 Å². The van der Waals surface area contributed by atoms with Crippen molar-refractivity contribution in [1.29, 1.82) is 0 Å². The maximum absolute atomic E-state index is 12.8. The number of para-hydroxylation sites is 1. The van der Waals surface area contributed by atoms with Crippen LogP contribution in [0.5, 0.6) is 5.75 Å². The number of sulfonamides is 1. The van der Waals surface area contributed by atoms with Crippen molar-refractivity contribution in [2.75, 3.05) is 13.1 Å². The van der Waals surface area contributed by atoms with Gasteiger partial charge in [0.1, 0.15) is 23.3 Å². The van der Waals surface area contributed by atoms with Crippen LogP contribution in [0.15, 0.2) is 47.1 Å². The number of ether oxygens (including phenoxy) is 1. The Kier molecular flexibility index (Phi) is 4.37. The fraction of sp³-hybridized carbons (Fsp3) is 0.333. The molecule has 0 bridgehead atoms. The van der Waals surface area contributed by atoms with Crippen LogP contribution in [0.25, 0.3) is 11.0 Å². The molecule has 0 saturated carbocycles. The van der Waals surface area contributed by atoms with Gasteiger partial charge in [0.2, 0.25) is 10.0 Å². The second-order valence-corrected chi connectivity index (χ2v) is 8.37. The highest BCUT2D eigenvalue weighted by Crippen LogP contribution is 2.24. The lowest BCUT2D eigenvalue weighted by Gasteiger charge is -2.16. The van der Waals surface area contributed by atoms with Crippen molar-refractivity contribution in [2.24, 2.45) is 0 Å². The van der Waals surface area contributed by atoms with Crippen LogP contribution in [0.4, 0.5) is 0 Å². The summed E-state index contributed by atoms with van der Waals surface area (Å²) < 4.78 is 38.0. The topological polar surface area (TPSA) is 85.5 Å². The molecule has 136 valence electrons. The summed E-state index contributed by atoms with van der Waals surface area (Å²) in [4.78, 5) is 4.19. The zero-order chi connectivity index (χ0) is 18.1. The average molecular weight is 373 g/mol. The molecule has 0 aliphatic carbocycles.